The summed E-state index contributed by atoms with van der Waals surface area (Å²) in [4.78, 5) is 27.4. The summed E-state index contributed by atoms with van der Waals surface area (Å²) in [5.74, 6) is -1.41. The second-order valence-corrected chi connectivity index (χ2v) is 10.0. The largest absolute Gasteiger partial charge is 0.352 e. The summed E-state index contributed by atoms with van der Waals surface area (Å²) in [5.41, 5.74) is 1.98. The molecule has 1 unspecified atom stereocenters. The van der Waals surface area contributed by atoms with Crippen molar-refractivity contribution in [2.45, 2.75) is 46.3 Å². The Morgan fingerprint density at radius 1 is 1.06 bits per heavy atom. The third-order valence-electron chi connectivity index (χ3n) is 4.83. The molecule has 0 heterocycles. The highest BCUT2D eigenvalue weighted by atomic mass is 32.2. The number of amides is 2. The van der Waals surface area contributed by atoms with Crippen molar-refractivity contribution in [3.8, 4) is 0 Å². The molecule has 32 heavy (non-hydrogen) atoms. The van der Waals surface area contributed by atoms with Crippen molar-refractivity contribution in [2.24, 2.45) is 0 Å². The zero-order chi connectivity index (χ0) is 24.1. The minimum absolute atomic E-state index is 0.118. The van der Waals surface area contributed by atoms with E-state index in [0.717, 1.165) is 33.8 Å². The highest BCUT2D eigenvalue weighted by Crippen LogP contribution is 2.19. The van der Waals surface area contributed by atoms with Crippen LogP contribution in [0, 0.1) is 12.7 Å². The molecule has 9 heteroatoms. The number of sulfonamides is 1. The molecule has 0 aliphatic heterocycles. The quantitative estimate of drug-likeness (QED) is 0.620. The van der Waals surface area contributed by atoms with Crippen LogP contribution in [0.4, 0.5) is 10.1 Å². The Morgan fingerprint density at radius 2 is 1.69 bits per heavy atom. The lowest BCUT2D eigenvalue weighted by Crippen LogP contribution is -2.52. The molecule has 0 saturated carbocycles. The van der Waals surface area contributed by atoms with E-state index < -0.39 is 34.3 Å². The first-order valence-corrected chi connectivity index (χ1v) is 12.1. The summed E-state index contributed by atoms with van der Waals surface area (Å²) in [6.45, 7) is 6.77. The van der Waals surface area contributed by atoms with E-state index in [-0.39, 0.29) is 24.2 Å². The molecule has 0 radical (unpaired) electrons. The van der Waals surface area contributed by atoms with E-state index in [9.17, 15) is 22.4 Å². The number of anilines is 1. The van der Waals surface area contributed by atoms with Gasteiger partial charge in [0, 0.05) is 12.6 Å². The summed E-state index contributed by atoms with van der Waals surface area (Å²) >= 11 is 0. The van der Waals surface area contributed by atoms with Gasteiger partial charge >= 0.3 is 0 Å². The van der Waals surface area contributed by atoms with Crippen molar-refractivity contribution in [3.05, 3.63) is 65.5 Å². The smallest absolute Gasteiger partial charge is 0.244 e. The number of carbonyl (C=O) groups excluding carboxylic acids is 2. The van der Waals surface area contributed by atoms with Crippen LogP contribution in [0.3, 0.4) is 0 Å². The van der Waals surface area contributed by atoms with Gasteiger partial charge in [-0.1, -0.05) is 29.8 Å². The van der Waals surface area contributed by atoms with Gasteiger partial charge in [0.1, 0.15) is 18.4 Å². The van der Waals surface area contributed by atoms with Gasteiger partial charge in [-0.2, -0.15) is 0 Å². The van der Waals surface area contributed by atoms with Crippen molar-refractivity contribution < 1.29 is 22.4 Å². The topological polar surface area (TPSA) is 86.8 Å². The number of nitrogens with zero attached hydrogens (tertiary/aromatic N) is 2. The summed E-state index contributed by atoms with van der Waals surface area (Å²) in [6.07, 6.45) is 0.976. The third-order valence-corrected chi connectivity index (χ3v) is 5.97. The van der Waals surface area contributed by atoms with Crippen molar-refractivity contribution in [1.29, 1.82) is 0 Å². The molecule has 2 aromatic carbocycles. The van der Waals surface area contributed by atoms with Crippen LogP contribution in [0.15, 0.2) is 48.5 Å². The highest BCUT2D eigenvalue weighted by molar-refractivity contribution is 7.92. The molecule has 0 spiro atoms. The first kappa shape index (κ1) is 25.3. The Hall–Kier alpha value is -2.94. The second-order valence-electron chi connectivity index (χ2n) is 8.10. The van der Waals surface area contributed by atoms with Gasteiger partial charge in [-0.25, -0.2) is 12.8 Å². The van der Waals surface area contributed by atoms with Crippen LogP contribution in [0.1, 0.15) is 31.9 Å². The number of nitrogens with one attached hydrogen (secondary N) is 1. The second kappa shape index (κ2) is 10.6. The molecule has 2 aromatic rings. The van der Waals surface area contributed by atoms with Gasteiger partial charge in [0.05, 0.1) is 11.9 Å². The average molecular weight is 464 g/mol. The van der Waals surface area contributed by atoms with Crippen molar-refractivity contribution in [2.75, 3.05) is 17.1 Å². The van der Waals surface area contributed by atoms with Crippen molar-refractivity contribution >= 4 is 27.5 Å². The number of hydrogen-bond donors (Lipinski definition) is 1. The Labute approximate surface area is 189 Å². The molecule has 0 aromatic heterocycles. The molecule has 1 N–H and O–H groups in total. The summed E-state index contributed by atoms with van der Waals surface area (Å²) in [6, 6.07) is 11.4. The predicted molar refractivity (Wildman–Crippen MR) is 123 cm³/mol. The van der Waals surface area contributed by atoms with Crippen LogP contribution in [0.5, 0.6) is 0 Å². The van der Waals surface area contributed by atoms with Crippen molar-refractivity contribution in [3.63, 3.8) is 0 Å². The van der Waals surface area contributed by atoms with Crippen molar-refractivity contribution in [1.82, 2.24) is 10.2 Å². The van der Waals surface area contributed by atoms with E-state index in [1.807, 2.05) is 45.0 Å². The Kier molecular flexibility index (Phi) is 8.38. The van der Waals surface area contributed by atoms with E-state index in [1.165, 1.54) is 17.0 Å². The molecular formula is C23H30FN3O4S. The molecule has 0 saturated heterocycles. The lowest BCUT2D eigenvalue weighted by Gasteiger charge is -2.32. The van der Waals surface area contributed by atoms with Gasteiger partial charge in [0.2, 0.25) is 21.8 Å². The normalized spacial score (nSPS) is 12.3. The number of halogens is 1. The van der Waals surface area contributed by atoms with E-state index >= 15 is 0 Å². The zero-order valence-electron chi connectivity index (χ0n) is 19.0. The summed E-state index contributed by atoms with van der Waals surface area (Å²) in [5, 5.41) is 2.79. The van der Waals surface area contributed by atoms with E-state index in [2.05, 4.69) is 5.32 Å². The lowest BCUT2D eigenvalue weighted by molar-refractivity contribution is -0.139. The van der Waals surface area contributed by atoms with Gasteiger partial charge in [0.25, 0.3) is 0 Å². The molecule has 0 aliphatic carbocycles. The van der Waals surface area contributed by atoms with Crippen LogP contribution < -0.4 is 9.62 Å². The fourth-order valence-corrected chi connectivity index (χ4v) is 4.07. The SMILES string of the molecule is Cc1cccc(CN(C(=O)CN(c2ccc(F)cc2)S(C)(=O)=O)C(C)C(=O)NC(C)C)c1. The first-order valence-electron chi connectivity index (χ1n) is 10.3. The van der Waals surface area contributed by atoms with Crippen LogP contribution in [-0.4, -0.2) is 50.0 Å². The van der Waals surface area contributed by atoms with Gasteiger partial charge < -0.3 is 10.2 Å². The maximum Gasteiger partial charge on any atom is 0.244 e. The average Bonchev–Trinajstić information content (AvgIpc) is 2.69. The first-order chi connectivity index (χ1) is 14.9. The molecule has 1 atom stereocenters. The molecule has 0 aliphatic rings. The minimum Gasteiger partial charge on any atom is -0.352 e. The number of aryl methyl sites for hydroxylation is 1. The maximum atomic E-state index is 13.3. The minimum atomic E-state index is -3.84. The van der Waals surface area contributed by atoms with Gasteiger partial charge in [0.15, 0.2) is 0 Å². The van der Waals surface area contributed by atoms with Crippen LogP contribution >= 0.6 is 0 Å². The molecule has 2 rings (SSSR count). The molecular weight excluding hydrogens is 433 g/mol. The zero-order valence-corrected chi connectivity index (χ0v) is 19.8. The molecule has 174 valence electrons. The number of benzene rings is 2. The molecule has 2 amide bonds. The number of carbonyl (C=O) groups is 2. The Balaban J connectivity index is 2.38. The van der Waals surface area contributed by atoms with Gasteiger partial charge in [-0.15, -0.1) is 0 Å². The fourth-order valence-electron chi connectivity index (χ4n) is 3.22. The van der Waals surface area contributed by atoms with E-state index in [0.29, 0.717) is 0 Å². The molecule has 7 nitrogen and oxygen atoms in total. The summed E-state index contributed by atoms with van der Waals surface area (Å²) < 4.78 is 39.0. The van der Waals surface area contributed by atoms with Gasteiger partial charge in [-0.3, -0.25) is 13.9 Å². The monoisotopic (exact) mass is 463 g/mol. The van der Waals surface area contributed by atoms with E-state index in [4.69, 9.17) is 0 Å². The standard InChI is InChI=1S/C23H30FN3O4S/c1-16(2)25-23(29)18(4)26(14-19-8-6-7-17(3)13-19)22(28)15-27(32(5,30)31)21-11-9-20(24)10-12-21/h6-13,16,18H,14-15H2,1-5H3,(H,25,29). The predicted octanol–water partition coefficient (Wildman–Crippen LogP) is 2.84. The number of hydrogen-bond acceptors (Lipinski definition) is 4. The molecule has 0 fully saturated rings. The van der Waals surface area contributed by atoms with Crippen LogP contribution in [0.2, 0.25) is 0 Å². The molecule has 0 bridgehead atoms. The number of rotatable bonds is 9. The van der Waals surface area contributed by atoms with Crippen LogP contribution in [0.25, 0.3) is 0 Å². The summed E-state index contributed by atoms with van der Waals surface area (Å²) in [7, 11) is -3.84. The Bertz CT molecular complexity index is 1060. The van der Waals surface area contributed by atoms with Crippen LogP contribution in [-0.2, 0) is 26.2 Å². The third kappa shape index (κ3) is 7.05. The fraction of sp³-hybridized carbons (Fsp3) is 0.391. The highest BCUT2D eigenvalue weighted by Gasteiger charge is 2.30. The lowest BCUT2D eigenvalue weighted by atomic mass is 10.1. The van der Waals surface area contributed by atoms with Gasteiger partial charge in [-0.05, 0) is 57.5 Å². The van der Waals surface area contributed by atoms with E-state index in [1.54, 1.807) is 6.92 Å². The maximum absolute atomic E-state index is 13.3. The Morgan fingerprint density at radius 3 is 2.22 bits per heavy atom.